The van der Waals surface area contributed by atoms with Crippen molar-refractivity contribution in [2.24, 2.45) is 0 Å². The molecule has 0 aliphatic carbocycles. The van der Waals surface area contributed by atoms with Crippen molar-refractivity contribution in [3.63, 3.8) is 0 Å². The fraction of sp³-hybridized carbons (Fsp3) is 0.269. The van der Waals surface area contributed by atoms with Gasteiger partial charge >= 0.3 is 5.97 Å². The van der Waals surface area contributed by atoms with Crippen LogP contribution in [0.4, 0.5) is 0 Å². The number of carboxylic acid groups (broad SMARTS) is 1. The van der Waals surface area contributed by atoms with Gasteiger partial charge in [0.1, 0.15) is 18.1 Å². The van der Waals surface area contributed by atoms with Crippen LogP contribution in [0.5, 0.6) is 11.5 Å². The van der Waals surface area contributed by atoms with Crippen LogP contribution in [0.2, 0.25) is 0 Å². The number of carboxylic acids is 1. The van der Waals surface area contributed by atoms with E-state index in [-0.39, 0.29) is 0 Å². The molecular weight excluding hydrogens is 392 g/mol. The third-order valence-electron chi connectivity index (χ3n) is 4.82. The summed E-state index contributed by atoms with van der Waals surface area (Å²) in [5, 5.41) is 9.19. The molecule has 0 bridgehead atoms. The maximum atomic E-state index is 11.2. The lowest BCUT2D eigenvalue weighted by Gasteiger charge is -2.13. The molecule has 0 radical (unpaired) electrons. The molecule has 1 N–H and O–H groups in total. The van der Waals surface area contributed by atoms with E-state index >= 15 is 0 Å². The Kier molecular flexibility index (Phi) is 8.49. The molecule has 3 aromatic carbocycles. The maximum absolute atomic E-state index is 11.2. The molecule has 5 heteroatoms. The van der Waals surface area contributed by atoms with Crippen molar-refractivity contribution in [2.45, 2.75) is 32.5 Å². The standard InChI is InChI=1S/C26H28O5/c1-2-29-25(26(27)28)18-21-10-14-23(15-11-21)30-17-16-20-8-12-24(13-9-20)31-19-22-6-4-3-5-7-22/h3-15,25H,2,16-19H2,1H3,(H,27,28). The van der Waals surface area contributed by atoms with E-state index in [1.54, 1.807) is 6.92 Å². The molecule has 1 atom stereocenters. The van der Waals surface area contributed by atoms with Gasteiger partial charge in [-0.2, -0.15) is 0 Å². The highest BCUT2D eigenvalue weighted by molar-refractivity contribution is 5.72. The van der Waals surface area contributed by atoms with E-state index in [0.717, 1.165) is 29.0 Å². The molecule has 0 saturated carbocycles. The lowest BCUT2D eigenvalue weighted by atomic mass is 10.1. The smallest absolute Gasteiger partial charge is 0.333 e. The third kappa shape index (κ3) is 7.46. The summed E-state index contributed by atoms with van der Waals surface area (Å²) in [4.78, 5) is 11.2. The SMILES string of the molecule is CCOC(Cc1ccc(OCCc2ccc(OCc3ccccc3)cc2)cc1)C(=O)O. The van der Waals surface area contributed by atoms with Gasteiger partial charge in [0.25, 0.3) is 0 Å². The summed E-state index contributed by atoms with van der Waals surface area (Å²) in [6, 6.07) is 25.6. The molecule has 5 nitrogen and oxygen atoms in total. The first-order chi connectivity index (χ1) is 15.1. The normalized spacial score (nSPS) is 11.6. The second-order valence-electron chi connectivity index (χ2n) is 7.15. The van der Waals surface area contributed by atoms with Gasteiger partial charge in [-0.25, -0.2) is 4.79 Å². The van der Waals surface area contributed by atoms with Gasteiger partial charge in [-0.1, -0.05) is 54.6 Å². The molecular formula is C26H28O5. The van der Waals surface area contributed by atoms with Gasteiger partial charge in [0.05, 0.1) is 6.61 Å². The van der Waals surface area contributed by atoms with Crippen LogP contribution in [0.25, 0.3) is 0 Å². The molecule has 0 aromatic heterocycles. The van der Waals surface area contributed by atoms with E-state index in [4.69, 9.17) is 14.2 Å². The Labute approximate surface area is 183 Å². The molecule has 0 aliphatic heterocycles. The summed E-state index contributed by atoms with van der Waals surface area (Å²) in [5.74, 6) is 0.657. The number of aliphatic carboxylic acids is 1. The molecule has 0 fully saturated rings. The Morgan fingerprint density at radius 2 is 1.42 bits per heavy atom. The van der Waals surface area contributed by atoms with Gasteiger partial charge in [-0.05, 0) is 47.9 Å². The van der Waals surface area contributed by atoms with Crippen LogP contribution in [0, 0.1) is 0 Å². The molecule has 0 amide bonds. The van der Waals surface area contributed by atoms with Crippen molar-refractivity contribution in [3.8, 4) is 11.5 Å². The summed E-state index contributed by atoms with van der Waals surface area (Å²) in [5.41, 5.74) is 3.21. The molecule has 3 aromatic rings. The number of hydrogen-bond acceptors (Lipinski definition) is 4. The summed E-state index contributed by atoms with van der Waals surface area (Å²) in [7, 11) is 0. The van der Waals surface area contributed by atoms with E-state index in [2.05, 4.69) is 0 Å². The maximum Gasteiger partial charge on any atom is 0.333 e. The van der Waals surface area contributed by atoms with E-state index in [9.17, 15) is 9.90 Å². The minimum absolute atomic E-state index is 0.335. The fourth-order valence-corrected chi connectivity index (χ4v) is 3.13. The fourth-order valence-electron chi connectivity index (χ4n) is 3.13. The minimum Gasteiger partial charge on any atom is -0.493 e. The monoisotopic (exact) mass is 420 g/mol. The summed E-state index contributed by atoms with van der Waals surface area (Å²) in [6.45, 7) is 3.27. The van der Waals surface area contributed by atoms with Crippen LogP contribution < -0.4 is 9.47 Å². The van der Waals surface area contributed by atoms with E-state index in [0.29, 0.717) is 26.2 Å². The zero-order chi connectivity index (χ0) is 21.9. The summed E-state index contributed by atoms with van der Waals surface area (Å²) < 4.78 is 16.9. The highest BCUT2D eigenvalue weighted by atomic mass is 16.5. The average Bonchev–Trinajstić information content (AvgIpc) is 2.80. The molecule has 31 heavy (non-hydrogen) atoms. The molecule has 0 spiro atoms. The van der Waals surface area contributed by atoms with Crippen LogP contribution in [0.3, 0.4) is 0 Å². The molecule has 0 heterocycles. The van der Waals surface area contributed by atoms with Crippen molar-refractivity contribution in [3.05, 3.63) is 95.6 Å². The first-order valence-electron chi connectivity index (χ1n) is 10.5. The Balaban J connectivity index is 1.42. The van der Waals surface area contributed by atoms with Crippen LogP contribution >= 0.6 is 0 Å². The van der Waals surface area contributed by atoms with Gasteiger partial charge in [0, 0.05) is 19.4 Å². The Morgan fingerprint density at radius 3 is 2.03 bits per heavy atom. The molecule has 1 unspecified atom stereocenters. The van der Waals surface area contributed by atoms with Gasteiger partial charge in [-0.3, -0.25) is 0 Å². The quantitative estimate of drug-likeness (QED) is 0.451. The third-order valence-corrected chi connectivity index (χ3v) is 4.82. The Hall–Kier alpha value is -3.31. The van der Waals surface area contributed by atoms with Crippen LogP contribution in [0.15, 0.2) is 78.9 Å². The number of benzene rings is 3. The van der Waals surface area contributed by atoms with Gasteiger partial charge in [0.15, 0.2) is 6.10 Å². The zero-order valence-electron chi connectivity index (χ0n) is 17.7. The van der Waals surface area contributed by atoms with E-state index in [1.165, 1.54) is 5.56 Å². The van der Waals surface area contributed by atoms with Gasteiger partial charge in [0.2, 0.25) is 0 Å². The second-order valence-corrected chi connectivity index (χ2v) is 7.15. The first kappa shape index (κ1) is 22.4. The van der Waals surface area contributed by atoms with Crippen molar-refractivity contribution in [1.29, 1.82) is 0 Å². The lowest BCUT2D eigenvalue weighted by Crippen LogP contribution is -2.26. The number of hydrogen-bond donors (Lipinski definition) is 1. The number of ether oxygens (including phenoxy) is 3. The van der Waals surface area contributed by atoms with Crippen LogP contribution in [-0.4, -0.2) is 30.4 Å². The molecule has 162 valence electrons. The molecule has 0 aliphatic rings. The van der Waals surface area contributed by atoms with Crippen molar-refractivity contribution < 1.29 is 24.1 Å². The lowest BCUT2D eigenvalue weighted by molar-refractivity contribution is -0.149. The zero-order valence-corrected chi connectivity index (χ0v) is 17.7. The molecule has 0 saturated heterocycles. The van der Waals surface area contributed by atoms with Crippen molar-refractivity contribution >= 4 is 5.97 Å². The molecule has 3 rings (SSSR count). The predicted octanol–water partition coefficient (Wildman–Crippen LogP) is 4.92. The summed E-state index contributed by atoms with van der Waals surface area (Å²) >= 11 is 0. The van der Waals surface area contributed by atoms with Gasteiger partial charge in [-0.15, -0.1) is 0 Å². The Bertz CT molecular complexity index is 920. The minimum atomic E-state index is -0.946. The van der Waals surface area contributed by atoms with Crippen LogP contribution in [-0.2, 0) is 29.0 Å². The topological polar surface area (TPSA) is 65.0 Å². The second kappa shape index (κ2) is 11.8. The largest absolute Gasteiger partial charge is 0.493 e. The highest BCUT2D eigenvalue weighted by Gasteiger charge is 2.17. The van der Waals surface area contributed by atoms with E-state index < -0.39 is 12.1 Å². The highest BCUT2D eigenvalue weighted by Crippen LogP contribution is 2.17. The predicted molar refractivity (Wildman–Crippen MR) is 120 cm³/mol. The van der Waals surface area contributed by atoms with Crippen LogP contribution in [0.1, 0.15) is 23.6 Å². The van der Waals surface area contributed by atoms with Gasteiger partial charge < -0.3 is 19.3 Å². The van der Waals surface area contributed by atoms with Crippen molar-refractivity contribution in [2.75, 3.05) is 13.2 Å². The average molecular weight is 421 g/mol. The number of rotatable bonds is 12. The Morgan fingerprint density at radius 1 is 0.806 bits per heavy atom. The van der Waals surface area contributed by atoms with E-state index in [1.807, 2.05) is 78.9 Å². The first-order valence-corrected chi connectivity index (χ1v) is 10.5. The number of carbonyl (C=O) groups is 1. The summed E-state index contributed by atoms with van der Waals surface area (Å²) in [6.07, 6.45) is 0.297. The van der Waals surface area contributed by atoms with Crippen molar-refractivity contribution in [1.82, 2.24) is 0 Å².